The summed E-state index contributed by atoms with van der Waals surface area (Å²) in [4.78, 5) is 33.4. The minimum absolute atomic E-state index is 0.0168. The predicted octanol–water partition coefficient (Wildman–Crippen LogP) is 1.57. The molecule has 1 fully saturated rings. The topological polar surface area (TPSA) is 95.4 Å². The minimum Gasteiger partial charge on any atom is -0.476 e. The van der Waals surface area contributed by atoms with Crippen LogP contribution in [-0.4, -0.2) is 51.0 Å². The molecule has 130 valence electrons. The Kier molecular flexibility index (Phi) is 5.35. The maximum Gasteiger partial charge on any atom is 0.356 e. The third-order valence-electron chi connectivity index (χ3n) is 4.29. The Morgan fingerprint density at radius 1 is 1.08 bits per heavy atom. The second kappa shape index (κ2) is 7.85. The molecule has 7 nitrogen and oxygen atoms in total. The van der Waals surface area contributed by atoms with Crippen LogP contribution in [0, 0.1) is 0 Å². The van der Waals surface area contributed by atoms with Gasteiger partial charge in [-0.15, -0.1) is 0 Å². The van der Waals surface area contributed by atoms with E-state index in [1.807, 2.05) is 18.2 Å². The number of carboxylic acids is 1. The van der Waals surface area contributed by atoms with E-state index in [1.165, 1.54) is 18.0 Å². The number of piperidine rings is 1. The number of nitrogens with zero attached hydrogens (tertiary/aromatic N) is 3. The van der Waals surface area contributed by atoms with Crippen molar-refractivity contribution in [1.29, 1.82) is 0 Å². The lowest BCUT2D eigenvalue weighted by Gasteiger charge is -2.32. The molecule has 1 amide bonds. The molecule has 1 saturated heterocycles. The molecule has 1 aromatic carbocycles. The van der Waals surface area contributed by atoms with Gasteiger partial charge in [-0.25, -0.2) is 14.8 Å². The normalized spacial score (nSPS) is 15.7. The zero-order chi connectivity index (χ0) is 17.6. The van der Waals surface area contributed by atoms with E-state index < -0.39 is 11.9 Å². The average molecular weight is 340 g/mol. The molecule has 1 aromatic heterocycles. The number of hydrogen-bond donors (Lipinski definition) is 2. The molecule has 0 aliphatic carbocycles. The van der Waals surface area contributed by atoms with E-state index in [4.69, 9.17) is 5.11 Å². The Bertz CT molecular complexity index is 743. The lowest BCUT2D eigenvalue weighted by Crippen LogP contribution is -2.44. The Balaban J connectivity index is 1.54. The number of amides is 1. The van der Waals surface area contributed by atoms with Crippen LogP contribution < -0.4 is 5.32 Å². The third kappa shape index (κ3) is 4.39. The fourth-order valence-corrected chi connectivity index (χ4v) is 2.99. The number of likely N-dealkylation sites (tertiary alicyclic amines) is 1. The first kappa shape index (κ1) is 17.0. The van der Waals surface area contributed by atoms with Crippen molar-refractivity contribution < 1.29 is 14.7 Å². The molecule has 25 heavy (non-hydrogen) atoms. The number of aromatic carboxylic acids is 1. The van der Waals surface area contributed by atoms with E-state index in [2.05, 4.69) is 32.3 Å². The minimum atomic E-state index is -1.25. The molecule has 2 heterocycles. The van der Waals surface area contributed by atoms with Gasteiger partial charge in [-0.2, -0.15) is 0 Å². The van der Waals surface area contributed by atoms with Gasteiger partial charge >= 0.3 is 5.97 Å². The fraction of sp³-hybridized carbons (Fsp3) is 0.333. The Morgan fingerprint density at radius 3 is 2.36 bits per heavy atom. The van der Waals surface area contributed by atoms with E-state index >= 15 is 0 Å². The van der Waals surface area contributed by atoms with Gasteiger partial charge < -0.3 is 10.4 Å². The monoisotopic (exact) mass is 340 g/mol. The van der Waals surface area contributed by atoms with Crippen LogP contribution in [0.1, 0.15) is 39.4 Å². The summed E-state index contributed by atoms with van der Waals surface area (Å²) in [5.41, 5.74) is 0.818. The molecule has 2 N–H and O–H groups in total. The van der Waals surface area contributed by atoms with Crippen LogP contribution in [0.15, 0.2) is 42.7 Å². The van der Waals surface area contributed by atoms with E-state index in [0.29, 0.717) is 0 Å². The molecule has 0 bridgehead atoms. The van der Waals surface area contributed by atoms with Crippen molar-refractivity contribution in [2.75, 3.05) is 13.1 Å². The molecule has 0 atom stereocenters. The average Bonchev–Trinajstić information content (AvgIpc) is 2.64. The predicted molar refractivity (Wildman–Crippen MR) is 91.2 cm³/mol. The molecule has 1 aliphatic rings. The third-order valence-corrected chi connectivity index (χ3v) is 4.29. The summed E-state index contributed by atoms with van der Waals surface area (Å²) < 4.78 is 0. The number of hydrogen-bond acceptors (Lipinski definition) is 5. The summed E-state index contributed by atoms with van der Waals surface area (Å²) in [5.74, 6) is -1.73. The van der Waals surface area contributed by atoms with E-state index in [9.17, 15) is 9.59 Å². The second-order valence-electron chi connectivity index (χ2n) is 6.07. The first-order chi connectivity index (χ1) is 12.1. The fourth-order valence-electron chi connectivity index (χ4n) is 2.99. The number of carboxylic acid groups (broad SMARTS) is 1. The van der Waals surface area contributed by atoms with Crippen LogP contribution in [-0.2, 0) is 6.54 Å². The number of carbonyl (C=O) groups is 2. The zero-order valence-electron chi connectivity index (χ0n) is 13.8. The Labute approximate surface area is 145 Å². The second-order valence-corrected chi connectivity index (χ2v) is 6.07. The lowest BCUT2D eigenvalue weighted by atomic mass is 10.0. The van der Waals surface area contributed by atoms with Crippen molar-refractivity contribution in [3.63, 3.8) is 0 Å². The van der Waals surface area contributed by atoms with Crippen molar-refractivity contribution in [2.45, 2.75) is 25.4 Å². The highest BCUT2D eigenvalue weighted by molar-refractivity contribution is 6.02. The first-order valence-corrected chi connectivity index (χ1v) is 8.25. The number of carbonyl (C=O) groups excluding carboxylic acids is 1. The molecule has 3 rings (SSSR count). The largest absolute Gasteiger partial charge is 0.476 e. The van der Waals surface area contributed by atoms with E-state index in [-0.39, 0.29) is 17.4 Å². The van der Waals surface area contributed by atoms with E-state index in [1.54, 1.807) is 0 Å². The summed E-state index contributed by atoms with van der Waals surface area (Å²) in [6, 6.07) is 10.3. The Hall–Kier alpha value is -2.80. The Morgan fingerprint density at radius 2 is 1.72 bits per heavy atom. The van der Waals surface area contributed by atoms with Gasteiger partial charge in [0, 0.05) is 38.1 Å². The highest BCUT2D eigenvalue weighted by atomic mass is 16.4. The van der Waals surface area contributed by atoms with Crippen LogP contribution in [0.5, 0.6) is 0 Å². The SMILES string of the molecule is O=C(O)c1nccnc1C(=O)NC1CCN(Cc2ccccc2)CC1. The summed E-state index contributed by atoms with van der Waals surface area (Å²) in [6.45, 7) is 2.66. The molecule has 1 aliphatic heterocycles. The van der Waals surface area contributed by atoms with Gasteiger partial charge in [-0.05, 0) is 18.4 Å². The molecule has 0 spiro atoms. The van der Waals surface area contributed by atoms with Crippen LogP contribution in [0.3, 0.4) is 0 Å². The van der Waals surface area contributed by atoms with E-state index in [0.717, 1.165) is 32.5 Å². The lowest BCUT2D eigenvalue weighted by molar-refractivity contribution is 0.0681. The van der Waals surface area contributed by atoms with Crippen molar-refractivity contribution in [3.05, 3.63) is 59.7 Å². The van der Waals surface area contributed by atoms with Crippen LogP contribution in [0.4, 0.5) is 0 Å². The smallest absolute Gasteiger partial charge is 0.356 e. The summed E-state index contributed by atoms with van der Waals surface area (Å²) >= 11 is 0. The van der Waals surface area contributed by atoms with Gasteiger partial charge in [0.25, 0.3) is 5.91 Å². The molecule has 2 aromatic rings. The summed E-state index contributed by atoms with van der Waals surface area (Å²) in [5, 5.41) is 12.0. The molecule has 0 saturated carbocycles. The quantitative estimate of drug-likeness (QED) is 0.858. The van der Waals surface area contributed by atoms with Gasteiger partial charge in [-0.3, -0.25) is 9.69 Å². The molecule has 0 unspecified atom stereocenters. The van der Waals surface area contributed by atoms with Gasteiger partial charge in [-0.1, -0.05) is 30.3 Å². The first-order valence-electron chi connectivity index (χ1n) is 8.25. The van der Waals surface area contributed by atoms with Crippen LogP contribution in [0.25, 0.3) is 0 Å². The zero-order valence-corrected chi connectivity index (χ0v) is 13.8. The maximum atomic E-state index is 12.3. The summed E-state index contributed by atoms with van der Waals surface area (Å²) in [6.07, 6.45) is 4.23. The standard InChI is InChI=1S/C18H20N4O3/c23-17(15-16(18(24)25)20-9-8-19-15)21-14-6-10-22(11-7-14)12-13-4-2-1-3-5-13/h1-5,8-9,14H,6-7,10-12H2,(H,21,23)(H,24,25). The molecule has 0 radical (unpaired) electrons. The summed E-state index contributed by atoms with van der Waals surface area (Å²) in [7, 11) is 0. The number of nitrogens with one attached hydrogen (secondary N) is 1. The highest BCUT2D eigenvalue weighted by Gasteiger charge is 2.24. The van der Waals surface area contributed by atoms with Crippen LogP contribution >= 0.6 is 0 Å². The highest BCUT2D eigenvalue weighted by Crippen LogP contribution is 2.14. The van der Waals surface area contributed by atoms with Crippen molar-refractivity contribution >= 4 is 11.9 Å². The van der Waals surface area contributed by atoms with Gasteiger partial charge in [0.2, 0.25) is 0 Å². The molecule has 7 heteroatoms. The van der Waals surface area contributed by atoms with Crippen LogP contribution in [0.2, 0.25) is 0 Å². The number of aromatic nitrogens is 2. The number of benzene rings is 1. The van der Waals surface area contributed by atoms with Gasteiger partial charge in [0.1, 0.15) is 0 Å². The van der Waals surface area contributed by atoms with Crippen molar-refractivity contribution in [2.24, 2.45) is 0 Å². The number of rotatable bonds is 5. The van der Waals surface area contributed by atoms with Gasteiger partial charge in [0.15, 0.2) is 11.4 Å². The van der Waals surface area contributed by atoms with Crippen molar-refractivity contribution in [3.8, 4) is 0 Å². The van der Waals surface area contributed by atoms with Crippen molar-refractivity contribution in [1.82, 2.24) is 20.2 Å². The van der Waals surface area contributed by atoms with Gasteiger partial charge in [0.05, 0.1) is 0 Å². The molecular formula is C18H20N4O3. The molecular weight excluding hydrogens is 320 g/mol. The maximum absolute atomic E-state index is 12.3.